The number of rotatable bonds is 3. The Kier molecular flexibility index (Phi) is 3.57. The summed E-state index contributed by atoms with van der Waals surface area (Å²) in [5.74, 6) is -0.533. The van der Waals surface area contributed by atoms with Crippen molar-refractivity contribution in [1.29, 1.82) is 0 Å². The van der Waals surface area contributed by atoms with Gasteiger partial charge in [-0.3, -0.25) is 0 Å². The van der Waals surface area contributed by atoms with Crippen LogP contribution >= 0.6 is 0 Å². The maximum atomic E-state index is 11.6. The van der Waals surface area contributed by atoms with Crippen LogP contribution in [0.1, 0.15) is 37.2 Å². The monoisotopic (exact) mass is 220 g/mol. The van der Waals surface area contributed by atoms with Gasteiger partial charge in [0.15, 0.2) is 0 Å². The third-order valence-corrected chi connectivity index (χ3v) is 3.37. The molecule has 1 saturated carbocycles. The van der Waals surface area contributed by atoms with Gasteiger partial charge < -0.3 is 4.89 Å². The molecule has 0 bridgehead atoms. The zero-order chi connectivity index (χ0) is 11.4. The largest absolute Gasteiger partial charge is 0.349 e. The molecular formula is C13H16O3. The lowest BCUT2D eigenvalue weighted by Gasteiger charge is -2.20. The molecule has 1 fully saturated rings. The summed E-state index contributed by atoms with van der Waals surface area (Å²) in [6, 6.07) is 9.56. The van der Waals surface area contributed by atoms with E-state index < -0.39 is 5.97 Å². The normalized spacial score (nSPS) is 18.3. The highest BCUT2D eigenvalue weighted by Crippen LogP contribution is 2.37. The molecule has 86 valence electrons. The van der Waals surface area contributed by atoms with E-state index in [-0.39, 0.29) is 5.92 Å². The predicted octanol–water partition coefficient (Wildman–Crippen LogP) is 2.98. The van der Waals surface area contributed by atoms with E-state index in [1.807, 2.05) is 30.3 Å². The number of hydrogen-bond donors (Lipinski definition) is 1. The maximum Gasteiger partial charge on any atom is 0.349 e. The van der Waals surface area contributed by atoms with Gasteiger partial charge in [-0.1, -0.05) is 43.2 Å². The molecule has 1 aliphatic rings. The number of carbonyl (C=O) groups excluding carboxylic acids is 1. The molecule has 0 aliphatic heterocycles. The highest BCUT2D eigenvalue weighted by molar-refractivity contribution is 5.78. The predicted molar refractivity (Wildman–Crippen MR) is 59.9 cm³/mol. The molecule has 1 aromatic rings. The number of hydrogen-bond acceptors (Lipinski definition) is 3. The Morgan fingerprint density at radius 2 is 1.88 bits per heavy atom. The first-order valence-electron chi connectivity index (χ1n) is 5.73. The summed E-state index contributed by atoms with van der Waals surface area (Å²) < 4.78 is 0. The molecule has 1 aromatic carbocycles. The molecule has 0 spiro atoms. The Hall–Kier alpha value is -1.35. The Morgan fingerprint density at radius 3 is 2.44 bits per heavy atom. The van der Waals surface area contributed by atoms with Gasteiger partial charge in [0.05, 0.1) is 5.92 Å². The van der Waals surface area contributed by atoms with Crippen molar-refractivity contribution in [2.45, 2.75) is 31.6 Å². The highest BCUT2D eigenvalue weighted by Gasteiger charge is 2.33. The minimum atomic E-state index is -0.530. The quantitative estimate of drug-likeness (QED) is 0.629. The summed E-state index contributed by atoms with van der Waals surface area (Å²) >= 11 is 0. The van der Waals surface area contributed by atoms with E-state index in [9.17, 15) is 4.79 Å². The van der Waals surface area contributed by atoms with Crippen LogP contribution in [0.2, 0.25) is 0 Å². The Morgan fingerprint density at radius 1 is 1.25 bits per heavy atom. The average molecular weight is 220 g/mol. The fraction of sp³-hybridized carbons (Fsp3) is 0.462. The molecule has 16 heavy (non-hydrogen) atoms. The van der Waals surface area contributed by atoms with Gasteiger partial charge in [-0.05, 0) is 24.3 Å². The van der Waals surface area contributed by atoms with Crippen molar-refractivity contribution in [3.8, 4) is 0 Å². The van der Waals surface area contributed by atoms with Gasteiger partial charge in [-0.2, -0.15) is 5.26 Å². The van der Waals surface area contributed by atoms with Crippen molar-refractivity contribution in [2.24, 2.45) is 5.92 Å². The van der Waals surface area contributed by atoms with Crippen molar-refractivity contribution in [3.05, 3.63) is 35.9 Å². The molecule has 2 rings (SSSR count). The Balaban J connectivity index is 2.24. The minimum absolute atomic E-state index is 0.307. The molecule has 1 unspecified atom stereocenters. The van der Waals surface area contributed by atoms with Crippen LogP contribution < -0.4 is 0 Å². The average Bonchev–Trinajstić information content (AvgIpc) is 2.84. The SMILES string of the molecule is O=C(OO)C(c1ccccc1)C1CCCC1. The van der Waals surface area contributed by atoms with Crippen LogP contribution in [-0.4, -0.2) is 11.2 Å². The van der Waals surface area contributed by atoms with Crippen LogP contribution in [0.5, 0.6) is 0 Å². The van der Waals surface area contributed by atoms with Gasteiger partial charge in [0.2, 0.25) is 0 Å². The lowest BCUT2D eigenvalue weighted by Crippen LogP contribution is -2.21. The second-order valence-corrected chi connectivity index (χ2v) is 4.34. The Bertz CT molecular complexity index is 341. The molecule has 1 aliphatic carbocycles. The van der Waals surface area contributed by atoms with Gasteiger partial charge >= 0.3 is 5.97 Å². The van der Waals surface area contributed by atoms with Gasteiger partial charge in [0.25, 0.3) is 0 Å². The molecule has 0 radical (unpaired) electrons. The summed E-state index contributed by atoms with van der Waals surface area (Å²) in [7, 11) is 0. The van der Waals surface area contributed by atoms with Gasteiger partial charge in [0, 0.05) is 0 Å². The second kappa shape index (κ2) is 5.12. The lowest BCUT2D eigenvalue weighted by molar-refractivity contribution is -0.237. The van der Waals surface area contributed by atoms with Crippen LogP contribution in [-0.2, 0) is 9.68 Å². The van der Waals surface area contributed by atoms with E-state index in [1.54, 1.807) is 0 Å². The Labute approximate surface area is 95.0 Å². The van der Waals surface area contributed by atoms with Crippen molar-refractivity contribution in [3.63, 3.8) is 0 Å². The first kappa shape index (κ1) is 11.1. The summed E-state index contributed by atoms with van der Waals surface area (Å²) in [6.07, 6.45) is 4.39. The molecular weight excluding hydrogens is 204 g/mol. The number of benzene rings is 1. The third-order valence-electron chi connectivity index (χ3n) is 3.37. The van der Waals surface area contributed by atoms with E-state index >= 15 is 0 Å². The standard InChI is InChI=1S/C13H16O3/c14-13(16-15)12(11-8-4-5-9-11)10-6-2-1-3-7-10/h1-3,6-7,11-12,15H,4-5,8-9H2. The second-order valence-electron chi connectivity index (χ2n) is 4.34. The minimum Gasteiger partial charge on any atom is -0.300 e. The summed E-state index contributed by atoms with van der Waals surface area (Å²) in [5, 5.41) is 8.58. The first-order valence-corrected chi connectivity index (χ1v) is 5.73. The summed E-state index contributed by atoms with van der Waals surface area (Å²) in [4.78, 5) is 15.6. The van der Waals surface area contributed by atoms with Crippen LogP contribution in [0.15, 0.2) is 30.3 Å². The van der Waals surface area contributed by atoms with E-state index in [1.165, 1.54) is 0 Å². The van der Waals surface area contributed by atoms with Crippen molar-refractivity contribution < 1.29 is 14.9 Å². The molecule has 0 aromatic heterocycles. The summed E-state index contributed by atoms with van der Waals surface area (Å²) in [6.45, 7) is 0. The lowest BCUT2D eigenvalue weighted by atomic mass is 9.85. The number of carbonyl (C=O) groups is 1. The van der Waals surface area contributed by atoms with Crippen molar-refractivity contribution in [1.82, 2.24) is 0 Å². The van der Waals surface area contributed by atoms with Gasteiger partial charge in [-0.25, -0.2) is 4.79 Å². The molecule has 3 nitrogen and oxygen atoms in total. The molecule has 0 saturated heterocycles. The zero-order valence-electron chi connectivity index (χ0n) is 9.13. The third kappa shape index (κ3) is 2.25. The molecule has 0 amide bonds. The van der Waals surface area contributed by atoms with Crippen LogP contribution in [0.4, 0.5) is 0 Å². The van der Waals surface area contributed by atoms with E-state index in [0.29, 0.717) is 5.92 Å². The van der Waals surface area contributed by atoms with Gasteiger partial charge in [-0.15, -0.1) is 0 Å². The molecule has 3 heteroatoms. The van der Waals surface area contributed by atoms with E-state index in [0.717, 1.165) is 31.2 Å². The molecule has 1 N–H and O–H groups in total. The van der Waals surface area contributed by atoms with E-state index in [2.05, 4.69) is 4.89 Å². The smallest absolute Gasteiger partial charge is 0.300 e. The van der Waals surface area contributed by atoms with Crippen molar-refractivity contribution >= 4 is 5.97 Å². The molecule has 1 atom stereocenters. The maximum absolute atomic E-state index is 11.6. The fourth-order valence-corrected chi connectivity index (χ4v) is 2.61. The highest BCUT2D eigenvalue weighted by atomic mass is 17.1. The van der Waals surface area contributed by atoms with Gasteiger partial charge in [0.1, 0.15) is 0 Å². The fourth-order valence-electron chi connectivity index (χ4n) is 2.61. The van der Waals surface area contributed by atoms with E-state index in [4.69, 9.17) is 5.26 Å². The molecule has 0 heterocycles. The first-order chi connectivity index (χ1) is 7.83. The van der Waals surface area contributed by atoms with Crippen molar-refractivity contribution in [2.75, 3.05) is 0 Å². The topological polar surface area (TPSA) is 46.5 Å². The summed E-state index contributed by atoms with van der Waals surface area (Å²) in [5.41, 5.74) is 0.938. The van der Waals surface area contributed by atoms with Crippen LogP contribution in [0.25, 0.3) is 0 Å². The van der Waals surface area contributed by atoms with Crippen LogP contribution in [0.3, 0.4) is 0 Å². The van der Waals surface area contributed by atoms with Crippen LogP contribution in [0, 0.1) is 5.92 Å². The zero-order valence-corrected chi connectivity index (χ0v) is 9.13.